The van der Waals surface area contributed by atoms with Crippen LogP contribution in [0.3, 0.4) is 0 Å². The maximum Gasteiger partial charge on any atom is 0.305 e. The average Bonchev–Trinajstić information content (AvgIpc) is 3.10. The summed E-state index contributed by atoms with van der Waals surface area (Å²) < 4.78 is 6.66. The summed E-state index contributed by atoms with van der Waals surface area (Å²) in [6, 6.07) is 8.20. The Morgan fingerprint density at radius 2 is 1.81 bits per heavy atom. The predicted octanol–water partition coefficient (Wildman–Crippen LogP) is 4.64. The number of rotatable bonds is 5. The molecule has 1 amide bonds. The lowest BCUT2D eigenvalue weighted by atomic mass is 9.72. The Labute approximate surface area is 190 Å². The summed E-state index contributed by atoms with van der Waals surface area (Å²) in [5.74, 6) is 1.31. The molecule has 2 aromatic rings. The number of amides is 1. The van der Waals surface area contributed by atoms with Crippen LogP contribution in [0.2, 0.25) is 0 Å². The third kappa shape index (κ3) is 4.32. The van der Waals surface area contributed by atoms with E-state index in [9.17, 15) is 9.59 Å². The van der Waals surface area contributed by atoms with Gasteiger partial charge in [-0.25, -0.2) is 4.68 Å². The van der Waals surface area contributed by atoms with Crippen molar-refractivity contribution in [3.63, 3.8) is 0 Å². The molecule has 32 heavy (non-hydrogen) atoms. The topological polar surface area (TPSA) is 64.4 Å². The molecule has 4 rings (SSSR count). The standard InChI is InChI=1S/C26H35N3O3/c1-17-15-16-28(24-8-6-5-7-22(17)24)26(31)20-9-11-21(12-10-20)29-19(3)23(18(2)27-29)13-14-25(30)32-4/h9-12,17,22,24H,5-8,13-16H2,1-4H3. The Hall–Kier alpha value is -2.63. The Kier molecular flexibility index (Phi) is 6.68. The third-order valence-corrected chi connectivity index (χ3v) is 7.61. The van der Waals surface area contributed by atoms with Gasteiger partial charge in [-0.2, -0.15) is 5.10 Å². The molecule has 1 aliphatic heterocycles. The number of aryl methyl sites for hydroxylation is 1. The number of aromatic nitrogens is 2. The molecule has 1 aliphatic carbocycles. The smallest absolute Gasteiger partial charge is 0.305 e. The van der Waals surface area contributed by atoms with E-state index in [1.807, 2.05) is 42.8 Å². The fourth-order valence-corrected chi connectivity index (χ4v) is 5.69. The third-order valence-electron chi connectivity index (χ3n) is 7.61. The van der Waals surface area contributed by atoms with Gasteiger partial charge in [0.2, 0.25) is 0 Å². The van der Waals surface area contributed by atoms with Crippen molar-refractivity contribution in [1.29, 1.82) is 0 Å². The van der Waals surface area contributed by atoms with Crippen LogP contribution in [0.25, 0.3) is 5.69 Å². The van der Waals surface area contributed by atoms with Gasteiger partial charge in [0.25, 0.3) is 5.91 Å². The van der Waals surface area contributed by atoms with E-state index in [2.05, 4.69) is 16.9 Å². The number of carbonyl (C=O) groups is 2. The molecule has 6 nitrogen and oxygen atoms in total. The van der Waals surface area contributed by atoms with Gasteiger partial charge in [0, 0.05) is 30.3 Å². The molecule has 0 spiro atoms. The van der Waals surface area contributed by atoms with Crippen molar-refractivity contribution in [2.24, 2.45) is 11.8 Å². The van der Waals surface area contributed by atoms with Gasteiger partial charge in [-0.15, -0.1) is 0 Å². The van der Waals surface area contributed by atoms with Gasteiger partial charge in [-0.3, -0.25) is 9.59 Å². The molecule has 3 atom stereocenters. The highest BCUT2D eigenvalue weighted by atomic mass is 16.5. The number of carbonyl (C=O) groups excluding carboxylic acids is 2. The van der Waals surface area contributed by atoms with Crippen LogP contribution in [0.5, 0.6) is 0 Å². The molecule has 0 radical (unpaired) electrons. The number of benzene rings is 1. The van der Waals surface area contributed by atoms with E-state index >= 15 is 0 Å². The average molecular weight is 438 g/mol. The number of likely N-dealkylation sites (tertiary alicyclic amines) is 1. The highest BCUT2D eigenvalue weighted by Gasteiger charge is 2.39. The van der Waals surface area contributed by atoms with Gasteiger partial charge in [0.15, 0.2) is 0 Å². The van der Waals surface area contributed by atoms with Crippen molar-refractivity contribution >= 4 is 11.9 Å². The van der Waals surface area contributed by atoms with E-state index in [1.165, 1.54) is 26.4 Å². The first-order valence-corrected chi connectivity index (χ1v) is 11.9. The normalized spacial score (nSPS) is 23.0. The van der Waals surface area contributed by atoms with Crippen LogP contribution in [0.15, 0.2) is 24.3 Å². The SMILES string of the molecule is COC(=O)CCc1c(C)nn(-c2ccc(C(=O)N3CCC(C)C4CCCCC43)cc2)c1C. The van der Waals surface area contributed by atoms with E-state index in [4.69, 9.17) is 4.74 Å². The maximum atomic E-state index is 13.4. The molecule has 0 bridgehead atoms. The first-order valence-electron chi connectivity index (χ1n) is 11.9. The molecule has 2 fully saturated rings. The molecule has 1 aromatic heterocycles. The van der Waals surface area contributed by atoms with Crippen LogP contribution < -0.4 is 0 Å². The molecular weight excluding hydrogens is 402 g/mol. The molecule has 1 saturated carbocycles. The number of methoxy groups -OCH3 is 1. The summed E-state index contributed by atoms with van der Waals surface area (Å²) in [5.41, 5.74) is 4.67. The van der Waals surface area contributed by atoms with Crippen molar-refractivity contribution in [2.75, 3.05) is 13.7 Å². The highest BCUT2D eigenvalue weighted by Crippen LogP contribution is 2.39. The predicted molar refractivity (Wildman–Crippen MR) is 124 cm³/mol. The quantitative estimate of drug-likeness (QED) is 0.640. The monoisotopic (exact) mass is 437 g/mol. The van der Waals surface area contributed by atoms with Crippen molar-refractivity contribution in [2.45, 2.75) is 71.8 Å². The summed E-state index contributed by atoms with van der Waals surface area (Å²) in [6.07, 6.45) is 6.97. The Bertz CT molecular complexity index is 979. The van der Waals surface area contributed by atoms with Crippen LogP contribution in [-0.4, -0.2) is 46.3 Å². The van der Waals surface area contributed by atoms with Crippen molar-refractivity contribution in [1.82, 2.24) is 14.7 Å². The first kappa shape index (κ1) is 22.6. The van der Waals surface area contributed by atoms with Gasteiger partial charge in [0.05, 0.1) is 18.5 Å². The van der Waals surface area contributed by atoms with Crippen LogP contribution in [0, 0.1) is 25.7 Å². The van der Waals surface area contributed by atoms with E-state index in [0.29, 0.717) is 30.7 Å². The molecule has 172 valence electrons. The summed E-state index contributed by atoms with van der Waals surface area (Å²) in [6.45, 7) is 7.20. The van der Waals surface area contributed by atoms with E-state index in [1.54, 1.807) is 0 Å². The summed E-state index contributed by atoms with van der Waals surface area (Å²) >= 11 is 0. The second kappa shape index (κ2) is 9.47. The number of esters is 1. The minimum Gasteiger partial charge on any atom is -0.469 e. The zero-order valence-corrected chi connectivity index (χ0v) is 19.8. The number of nitrogens with zero attached hydrogens (tertiary/aromatic N) is 3. The Morgan fingerprint density at radius 3 is 2.53 bits per heavy atom. The first-order chi connectivity index (χ1) is 15.4. The number of hydrogen-bond donors (Lipinski definition) is 0. The zero-order chi connectivity index (χ0) is 22.8. The van der Waals surface area contributed by atoms with Crippen LogP contribution >= 0.6 is 0 Å². The largest absolute Gasteiger partial charge is 0.469 e. The van der Waals surface area contributed by atoms with Gasteiger partial charge in [0.1, 0.15) is 0 Å². The summed E-state index contributed by atoms with van der Waals surface area (Å²) in [4.78, 5) is 27.1. The van der Waals surface area contributed by atoms with E-state index < -0.39 is 0 Å². The number of hydrogen-bond acceptors (Lipinski definition) is 4. The summed E-state index contributed by atoms with van der Waals surface area (Å²) in [7, 11) is 1.41. The lowest BCUT2D eigenvalue weighted by molar-refractivity contribution is -0.140. The van der Waals surface area contributed by atoms with E-state index in [-0.39, 0.29) is 11.9 Å². The number of piperidine rings is 1. The molecule has 1 saturated heterocycles. The van der Waals surface area contributed by atoms with Crippen LogP contribution in [0.4, 0.5) is 0 Å². The van der Waals surface area contributed by atoms with Gasteiger partial charge in [-0.1, -0.05) is 19.8 Å². The highest BCUT2D eigenvalue weighted by molar-refractivity contribution is 5.94. The minimum absolute atomic E-state index is 0.160. The van der Waals surface area contributed by atoms with Gasteiger partial charge >= 0.3 is 5.97 Å². The molecule has 0 N–H and O–H groups in total. The number of ether oxygens (including phenoxy) is 1. The molecule has 3 unspecified atom stereocenters. The molecule has 2 aliphatic rings. The van der Waals surface area contributed by atoms with Crippen molar-refractivity contribution in [3.8, 4) is 5.69 Å². The van der Waals surface area contributed by atoms with E-state index in [0.717, 1.165) is 47.6 Å². The minimum atomic E-state index is -0.216. The lowest BCUT2D eigenvalue weighted by Gasteiger charge is -2.47. The Morgan fingerprint density at radius 1 is 1.09 bits per heavy atom. The second-order valence-corrected chi connectivity index (χ2v) is 9.46. The number of fused-ring (bicyclic) bond motifs is 1. The van der Waals surface area contributed by atoms with Crippen molar-refractivity contribution in [3.05, 3.63) is 46.8 Å². The van der Waals surface area contributed by atoms with Crippen molar-refractivity contribution < 1.29 is 14.3 Å². The Balaban J connectivity index is 1.51. The van der Waals surface area contributed by atoms with Crippen LogP contribution in [-0.2, 0) is 16.0 Å². The molecule has 6 heteroatoms. The van der Waals surface area contributed by atoms with Gasteiger partial charge < -0.3 is 9.64 Å². The van der Waals surface area contributed by atoms with Gasteiger partial charge in [-0.05, 0) is 81.2 Å². The lowest BCUT2D eigenvalue weighted by Crippen LogP contribution is -2.52. The molecule has 1 aromatic carbocycles. The fraction of sp³-hybridized carbons (Fsp3) is 0.577. The molecule has 2 heterocycles. The van der Waals surface area contributed by atoms with Crippen LogP contribution in [0.1, 0.15) is 72.8 Å². The maximum absolute atomic E-state index is 13.4. The summed E-state index contributed by atoms with van der Waals surface area (Å²) in [5, 5.41) is 4.68. The fourth-order valence-electron chi connectivity index (χ4n) is 5.69. The second-order valence-electron chi connectivity index (χ2n) is 9.46. The zero-order valence-electron chi connectivity index (χ0n) is 19.8. The molecular formula is C26H35N3O3.